The molecular formula is C17H15ClF3N3O4S2. The maximum Gasteiger partial charge on any atom is 0.417 e. The van der Waals surface area contributed by atoms with Crippen LogP contribution in [0.25, 0.3) is 0 Å². The van der Waals surface area contributed by atoms with Crippen LogP contribution in [0.1, 0.15) is 18.4 Å². The van der Waals surface area contributed by atoms with Crippen molar-refractivity contribution in [3.8, 4) is 0 Å². The zero-order valence-electron chi connectivity index (χ0n) is 15.1. The van der Waals surface area contributed by atoms with Gasteiger partial charge in [0, 0.05) is 18.0 Å². The zero-order valence-corrected chi connectivity index (χ0v) is 17.5. The molecular weight excluding hydrogens is 467 g/mol. The Kier molecular flexibility index (Phi) is 6.03. The lowest BCUT2D eigenvalue weighted by atomic mass is 10.2. The van der Waals surface area contributed by atoms with Crippen LogP contribution in [0.3, 0.4) is 0 Å². The zero-order chi connectivity index (χ0) is 22.2. The van der Waals surface area contributed by atoms with E-state index in [9.17, 15) is 30.0 Å². The van der Waals surface area contributed by atoms with Gasteiger partial charge in [-0.25, -0.2) is 16.8 Å². The summed E-state index contributed by atoms with van der Waals surface area (Å²) in [5, 5.41) is -0.282. The Morgan fingerprint density at radius 3 is 2.33 bits per heavy atom. The number of halogens is 4. The van der Waals surface area contributed by atoms with Crippen molar-refractivity contribution < 1.29 is 30.0 Å². The molecule has 1 aliphatic rings. The van der Waals surface area contributed by atoms with Gasteiger partial charge in [-0.3, -0.25) is 14.4 Å². The van der Waals surface area contributed by atoms with Crippen LogP contribution in [-0.4, -0.2) is 29.2 Å². The number of amidine groups is 1. The second-order valence-electron chi connectivity index (χ2n) is 6.31. The number of anilines is 1. The Hall–Kier alpha value is -2.31. The van der Waals surface area contributed by atoms with Crippen LogP contribution >= 0.6 is 11.6 Å². The molecule has 1 heterocycles. The SMILES string of the molecule is O=S(=O)(NC1=NCCC1)c1cccc(NS(=O)(=O)c2ccc(Cl)cc2C(F)(F)F)c1. The number of nitrogens with zero attached hydrogens (tertiary/aromatic N) is 1. The average Bonchev–Trinajstić information content (AvgIpc) is 3.13. The Labute approximate surface area is 176 Å². The molecule has 0 unspecified atom stereocenters. The number of aliphatic imine (C=N–C) groups is 1. The van der Waals surface area contributed by atoms with E-state index in [2.05, 4.69) is 9.71 Å². The third-order valence-corrected chi connectivity index (χ3v) is 7.11. The monoisotopic (exact) mass is 481 g/mol. The van der Waals surface area contributed by atoms with Gasteiger partial charge in [-0.15, -0.1) is 0 Å². The van der Waals surface area contributed by atoms with Gasteiger partial charge in [-0.1, -0.05) is 17.7 Å². The number of hydrogen-bond donors (Lipinski definition) is 2. The van der Waals surface area contributed by atoms with Crippen LogP contribution in [-0.2, 0) is 26.2 Å². The van der Waals surface area contributed by atoms with Crippen LogP contribution in [0.4, 0.5) is 18.9 Å². The molecule has 7 nitrogen and oxygen atoms in total. The van der Waals surface area contributed by atoms with Gasteiger partial charge in [0.25, 0.3) is 20.0 Å². The van der Waals surface area contributed by atoms with E-state index in [0.717, 1.165) is 18.2 Å². The molecule has 0 saturated carbocycles. The molecule has 0 aromatic heterocycles. The van der Waals surface area contributed by atoms with E-state index in [4.69, 9.17) is 11.6 Å². The van der Waals surface area contributed by atoms with Gasteiger partial charge in [-0.2, -0.15) is 13.2 Å². The fraction of sp³-hybridized carbons (Fsp3) is 0.235. The van der Waals surface area contributed by atoms with Crippen molar-refractivity contribution in [2.24, 2.45) is 4.99 Å². The average molecular weight is 482 g/mol. The third kappa shape index (κ3) is 5.05. The number of rotatable bonds is 5. The van der Waals surface area contributed by atoms with E-state index in [-0.39, 0.29) is 21.4 Å². The summed E-state index contributed by atoms with van der Waals surface area (Å²) in [6.07, 6.45) is -3.80. The summed E-state index contributed by atoms with van der Waals surface area (Å²) in [5.41, 5.74) is -1.67. The molecule has 0 bridgehead atoms. The number of hydrogen-bond acceptors (Lipinski definition) is 5. The number of benzene rings is 2. The molecule has 0 spiro atoms. The highest BCUT2D eigenvalue weighted by Crippen LogP contribution is 2.36. The summed E-state index contributed by atoms with van der Waals surface area (Å²) in [6.45, 7) is 0.500. The van der Waals surface area contributed by atoms with Gasteiger partial charge in [-0.05, 0) is 42.8 Å². The minimum atomic E-state index is -4.97. The van der Waals surface area contributed by atoms with Gasteiger partial charge in [0.15, 0.2) is 0 Å². The molecule has 30 heavy (non-hydrogen) atoms. The molecule has 3 rings (SSSR count). The topological polar surface area (TPSA) is 105 Å². The van der Waals surface area contributed by atoms with Gasteiger partial charge in [0.2, 0.25) is 0 Å². The summed E-state index contributed by atoms with van der Waals surface area (Å²) in [5.74, 6) is 0.289. The molecule has 162 valence electrons. The molecule has 0 radical (unpaired) electrons. The Bertz CT molecular complexity index is 1210. The quantitative estimate of drug-likeness (QED) is 0.680. The maximum absolute atomic E-state index is 13.3. The molecule has 2 aromatic rings. The smallest absolute Gasteiger partial charge is 0.280 e. The molecule has 13 heteroatoms. The first kappa shape index (κ1) is 22.4. The third-order valence-electron chi connectivity index (χ3n) is 4.06. The van der Waals surface area contributed by atoms with Crippen molar-refractivity contribution in [2.75, 3.05) is 11.3 Å². The Morgan fingerprint density at radius 1 is 0.967 bits per heavy atom. The van der Waals surface area contributed by atoms with E-state index in [1.165, 1.54) is 18.2 Å². The molecule has 2 aromatic carbocycles. The predicted molar refractivity (Wildman–Crippen MR) is 106 cm³/mol. The second kappa shape index (κ2) is 8.08. The highest BCUT2D eigenvalue weighted by Gasteiger charge is 2.37. The van der Waals surface area contributed by atoms with E-state index in [1.807, 2.05) is 4.72 Å². The van der Waals surface area contributed by atoms with E-state index in [0.29, 0.717) is 25.5 Å². The van der Waals surface area contributed by atoms with Crippen LogP contribution in [0, 0.1) is 0 Å². The van der Waals surface area contributed by atoms with Crippen molar-refractivity contribution in [1.82, 2.24) is 4.72 Å². The van der Waals surface area contributed by atoms with E-state index >= 15 is 0 Å². The number of nitrogens with one attached hydrogen (secondary N) is 2. The fourth-order valence-corrected chi connectivity index (χ4v) is 5.30. The molecule has 2 N–H and O–H groups in total. The lowest BCUT2D eigenvalue weighted by Gasteiger charge is -2.15. The predicted octanol–water partition coefficient (Wildman–Crippen LogP) is 3.63. The first-order chi connectivity index (χ1) is 13.9. The highest BCUT2D eigenvalue weighted by atomic mass is 35.5. The van der Waals surface area contributed by atoms with Crippen molar-refractivity contribution >= 4 is 43.2 Å². The fourth-order valence-electron chi connectivity index (χ4n) is 2.73. The standard InChI is InChI=1S/C17H15ClF3N3O4S2/c18-11-6-7-15(14(9-11)17(19,20)21)30(27,28)23-12-3-1-4-13(10-12)29(25,26)24-16-5-2-8-22-16/h1,3-4,6-7,9-10,23H,2,5,8H2,(H,22,24). The van der Waals surface area contributed by atoms with E-state index < -0.39 is 36.7 Å². The second-order valence-corrected chi connectivity index (χ2v) is 10.1. The lowest BCUT2D eigenvalue weighted by Crippen LogP contribution is -2.29. The van der Waals surface area contributed by atoms with Crippen molar-refractivity contribution in [1.29, 1.82) is 0 Å². The lowest BCUT2D eigenvalue weighted by molar-refractivity contribution is -0.139. The largest absolute Gasteiger partial charge is 0.417 e. The summed E-state index contributed by atoms with van der Waals surface area (Å²) >= 11 is 5.58. The van der Waals surface area contributed by atoms with Gasteiger partial charge >= 0.3 is 6.18 Å². The minimum Gasteiger partial charge on any atom is -0.280 e. The normalized spacial score (nSPS) is 15.0. The molecule has 0 amide bonds. The van der Waals surface area contributed by atoms with Crippen molar-refractivity contribution in [3.63, 3.8) is 0 Å². The summed E-state index contributed by atoms with van der Waals surface area (Å²) in [7, 11) is -8.73. The van der Waals surface area contributed by atoms with Gasteiger partial charge < -0.3 is 0 Å². The molecule has 0 atom stereocenters. The van der Waals surface area contributed by atoms with Gasteiger partial charge in [0.05, 0.1) is 21.0 Å². The number of sulfonamides is 2. The summed E-state index contributed by atoms with van der Waals surface area (Å²) in [6, 6.07) is 6.94. The Morgan fingerprint density at radius 2 is 1.70 bits per heavy atom. The summed E-state index contributed by atoms with van der Waals surface area (Å²) in [4.78, 5) is 2.70. The van der Waals surface area contributed by atoms with Crippen LogP contribution in [0.2, 0.25) is 5.02 Å². The number of alkyl halides is 3. The molecule has 1 aliphatic heterocycles. The molecule has 0 aliphatic carbocycles. The Balaban J connectivity index is 1.93. The van der Waals surface area contributed by atoms with Crippen LogP contribution in [0.5, 0.6) is 0 Å². The summed E-state index contributed by atoms with van der Waals surface area (Å²) < 4.78 is 94.2. The molecule has 0 saturated heterocycles. The van der Waals surface area contributed by atoms with Gasteiger partial charge in [0.1, 0.15) is 5.84 Å². The minimum absolute atomic E-state index is 0.227. The maximum atomic E-state index is 13.3. The molecule has 0 fully saturated rings. The van der Waals surface area contributed by atoms with Crippen LogP contribution in [0.15, 0.2) is 57.2 Å². The van der Waals surface area contributed by atoms with Crippen LogP contribution < -0.4 is 9.44 Å². The highest BCUT2D eigenvalue weighted by molar-refractivity contribution is 7.92. The van der Waals surface area contributed by atoms with Crippen molar-refractivity contribution in [2.45, 2.75) is 28.8 Å². The first-order valence-corrected chi connectivity index (χ1v) is 11.8. The van der Waals surface area contributed by atoms with E-state index in [1.54, 1.807) is 0 Å². The first-order valence-electron chi connectivity index (χ1n) is 8.44. The van der Waals surface area contributed by atoms with Crippen molar-refractivity contribution in [3.05, 3.63) is 53.1 Å².